The second-order valence-electron chi connectivity index (χ2n) is 5.26. The standard InChI is InChI=1S/C17H25NO5/c1-4-22-16(20)9-10-18(11-12-19)17(21)14-5-7-15(8-6-14)23-13(2)3/h5-8,13,19H,4,9-12H2,1-3H3. The van der Waals surface area contributed by atoms with E-state index in [9.17, 15) is 9.59 Å². The van der Waals surface area contributed by atoms with Gasteiger partial charge in [-0.25, -0.2) is 0 Å². The Labute approximate surface area is 137 Å². The summed E-state index contributed by atoms with van der Waals surface area (Å²) in [4.78, 5) is 25.3. The van der Waals surface area contributed by atoms with Gasteiger partial charge in [0.25, 0.3) is 5.91 Å². The Morgan fingerprint density at radius 1 is 1.17 bits per heavy atom. The zero-order valence-electron chi connectivity index (χ0n) is 13.9. The molecule has 1 rings (SSSR count). The molecule has 0 aliphatic rings. The van der Waals surface area contributed by atoms with E-state index in [1.807, 2.05) is 13.8 Å². The summed E-state index contributed by atoms with van der Waals surface area (Å²) < 4.78 is 10.4. The van der Waals surface area contributed by atoms with E-state index in [1.54, 1.807) is 31.2 Å². The first-order valence-corrected chi connectivity index (χ1v) is 7.80. The summed E-state index contributed by atoms with van der Waals surface area (Å²) in [7, 11) is 0. The molecule has 0 unspecified atom stereocenters. The number of aliphatic hydroxyl groups is 1. The fraction of sp³-hybridized carbons (Fsp3) is 0.529. The number of hydrogen-bond acceptors (Lipinski definition) is 5. The minimum Gasteiger partial charge on any atom is -0.491 e. The molecule has 1 aromatic carbocycles. The number of benzene rings is 1. The van der Waals surface area contributed by atoms with Crippen LogP contribution in [0.3, 0.4) is 0 Å². The second-order valence-corrected chi connectivity index (χ2v) is 5.26. The Balaban J connectivity index is 2.70. The SMILES string of the molecule is CCOC(=O)CCN(CCO)C(=O)c1ccc(OC(C)C)cc1. The molecule has 0 saturated heterocycles. The van der Waals surface area contributed by atoms with Crippen molar-refractivity contribution in [3.05, 3.63) is 29.8 Å². The van der Waals surface area contributed by atoms with Gasteiger partial charge < -0.3 is 19.5 Å². The number of aliphatic hydroxyl groups excluding tert-OH is 1. The van der Waals surface area contributed by atoms with E-state index in [0.717, 1.165) is 0 Å². The largest absolute Gasteiger partial charge is 0.491 e. The predicted octanol–water partition coefficient (Wildman–Crippen LogP) is 1.86. The zero-order chi connectivity index (χ0) is 17.2. The molecule has 128 valence electrons. The quantitative estimate of drug-likeness (QED) is 0.702. The van der Waals surface area contributed by atoms with Crippen LogP contribution < -0.4 is 4.74 Å². The molecule has 0 atom stereocenters. The summed E-state index contributed by atoms with van der Waals surface area (Å²) >= 11 is 0. The number of hydrogen-bond donors (Lipinski definition) is 1. The van der Waals surface area contributed by atoms with Crippen LogP contribution in [0, 0.1) is 0 Å². The van der Waals surface area contributed by atoms with Crippen molar-refractivity contribution >= 4 is 11.9 Å². The van der Waals surface area contributed by atoms with Gasteiger partial charge in [0.2, 0.25) is 0 Å². The molecule has 0 bridgehead atoms. The van der Waals surface area contributed by atoms with E-state index in [2.05, 4.69) is 0 Å². The van der Waals surface area contributed by atoms with Gasteiger partial charge in [0, 0.05) is 18.7 Å². The zero-order valence-corrected chi connectivity index (χ0v) is 13.9. The van der Waals surface area contributed by atoms with Gasteiger partial charge in [-0.05, 0) is 45.0 Å². The van der Waals surface area contributed by atoms with Crippen LogP contribution in [-0.4, -0.2) is 54.3 Å². The smallest absolute Gasteiger partial charge is 0.307 e. The molecule has 23 heavy (non-hydrogen) atoms. The number of rotatable bonds is 9. The molecule has 0 spiro atoms. The Morgan fingerprint density at radius 2 is 1.83 bits per heavy atom. The Kier molecular flexibility index (Phi) is 8.11. The maximum Gasteiger partial charge on any atom is 0.307 e. The Morgan fingerprint density at radius 3 is 2.35 bits per heavy atom. The topological polar surface area (TPSA) is 76.1 Å². The van der Waals surface area contributed by atoms with Crippen LogP contribution in [0.15, 0.2) is 24.3 Å². The average Bonchev–Trinajstić information content (AvgIpc) is 2.51. The van der Waals surface area contributed by atoms with Gasteiger partial charge in [-0.15, -0.1) is 0 Å². The highest BCUT2D eigenvalue weighted by atomic mass is 16.5. The highest BCUT2D eigenvalue weighted by Gasteiger charge is 2.17. The van der Waals surface area contributed by atoms with Crippen molar-refractivity contribution in [1.82, 2.24) is 4.90 Å². The molecular weight excluding hydrogens is 298 g/mol. The first-order valence-electron chi connectivity index (χ1n) is 7.80. The van der Waals surface area contributed by atoms with Crippen molar-refractivity contribution in [3.63, 3.8) is 0 Å². The lowest BCUT2D eigenvalue weighted by atomic mass is 10.2. The van der Waals surface area contributed by atoms with Gasteiger partial charge in [0.15, 0.2) is 0 Å². The molecule has 0 saturated carbocycles. The maximum atomic E-state index is 12.5. The van der Waals surface area contributed by atoms with Crippen molar-refractivity contribution in [2.24, 2.45) is 0 Å². The average molecular weight is 323 g/mol. The minimum absolute atomic E-state index is 0.0621. The van der Waals surface area contributed by atoms with Crippen LogP contribution in [0.2, 0.25) is 0 Å². The molecule has 6 nitrogen and oxygen atoms in total. The molecule has 0 heterocycles. The monoisotopic (exact) mass is 323 g/mol. The second kappa shape index (κ2) is 9.84. The van der Waals surface area contributed by atoms with Crippen molar-refractivity contribution < 1.29 is 24.2 Å². The molecule has 1 N–H and O–H groups in total. The van der Waals surface area contributed by atoms with E-state index < -0.39 is 0 Å². The third-order valence-corrected chi connectivity index (χ3v) is 3.02. The predicted molar refractivity (Wildman–Crippen MR) is 86.4 cm³/mol. The van der Waals surface area contributed by atoms with Crippen LogP contribution in [0.1, 0.15) is 37.6 Å². The highest BCUT2D eigenvalue weighted by molar-refractivity contribution is 5.94. The van der Waals surface area contributed by atoms with E-state index in [-0.39, 0.29) is 44.1 Å². The van der Waals surface area contributed by atoms with Crippen LogP contribution in [0.25, 0.3) is 0 Å². The van der Waals surface area contributed by atoms with Crippen molar-refractivity contribution in [1.29, 1.82) is 0 Å². The van der Waals surface area contributed by atoms with Crippen molar-refractivity contribution in [2.45, 2.75) is 33.3 Å². The Bertz CT molecular complexity index is 498. The number of carbonyl (C=O) groups is 2. The van der Waals surface area contributed by atoms with Crippen LogP contribution >= 0.6 is 0 Å². The number of nitrogens with zero attached hydrogens (tertiary/aromatic N) is 1. The van der Waals surface area contributed by atoms with E-state index >= 15 is 0 Å². The van der Waals surface area contributed by atoms with Crippen molar-refractivity contribution in [3.8, 4) is 5.75 Å². The molecule has 0 fully saturated rings. The van der Waals surface area contributed by atoms with E-state index in [1.165, 1.54) is 4.90 Å². The maximum absolute atomic E-state index is 12.5. The minimum atomic E-state index is -0.357. The molecule has 0 radical (unpaired) electrons. The lowest BCUT2D eigenvalue weighted by Crippen LogP contribution is -2.35. The highest BCUT2D eigenvalue weighted by Crippen LogP contribution is 2.15. The summed E-state index contributed by atoms with van der Waals surface area (Å²) in [5.74, 6) is 0.0974. The van der Waals surface area contributed by atoms with Gasteiger partial charge in [-0.1, -0.05) is 0 Å². The lowest BCUT2D eigenvalue weighted by Gasteiger charge is -2.21. The van der Waals surface area contributed by atoms with Crippen LogP contribution in [0.4, 0.5) is 0 Å². The van der Waals surface area contributed by atoms with E-state index in [0.29, 0.717) is 17.9 Å². The van der Waals surface area contributed by atoms with Crippen LogP contribution in [0.5, 0.6) is 5.75 Å². The van der Waals surface area contributed by atoms with Gasteiger partial charge in [0.1, 0.15) is 5.75 Å². The molecule has 6 heteroatoms. The number of ether oxygens (including phenoxy) is 2. The molecule has 0 aliphatic carbocycles. The van der Waals surface area contributed by atoms with E-state index in [4.69, 9.17) is 14.6 Å². The number of esters is 1. The fourth-order valence-electron chi connectivity index (χ4n) is 2.03. The van der Waals surface area contributed by atoms with Crippen LogP contribution in [-0.2, 0) is 9.53 Å². The van der Waals surface area contributed by atoms with Gasteiger partial charge in [0.05, 0.1) is 25.7 Å². The molecule has 0 aromatic heterocycles. The third kappa shape index (κ3) is 6.69. The summed E-state index contributed by atoms with van der Waals surface area (Å²) in [6.45, 7) is 6.11. The molecule has 1 amide bonds. The fourth-order valence-corrected chi connectivity index (χ4v) is 2.03. The van der Waals surface area contributed by atoms with Crippen molar-refractivity contribution in [2.75, 3.05) is 26.3 Å². The first-order chi connectivity index (χ1) is 11.0. The van der Waals surface area contributed by atoms with Gasteiger partial charge in [-0.3, -0.25) is 9.59 Å². The number of carbonyl (C=O) groups excluding carboxylic acids is 2. The summed E-state index contributed by atoms with van der Waals surface area (Å²) in [5, 5.41) is 9.11. The first kappa shape index (κ1) is 19.0. The summed E-state index contributed by atoms with van der Waals surface area (Å²) in [6, 6.07) is 6.81. The Hall–Kier alpha value is -2.08. The molecule has 1 aromatic rings. The molecular formula is C17H25NO5. The normalized spacial score (nSPS) is 10.5. The summed E-state index contributed by atoms with van der Waals surface area (Å²) in [5.41, 5.74) is 0.485. The summed E-state index contributed by atoms with van der Waals surface area (Å²) in [6.07, 6.45) is 0.167. The number of amides is 1. The molecule has 0 aliphatic heterocycles. The third-order valence-electron chi connectivity index (χ3n) is 3.02. The lowest BCUT2D eigenvalue weighted by molar-refractivity contribution is -0.143. The van der Waals surface area contributed by atoms with Gasteiger partial charge >= 0.3 is 5.97 Å². The van der Waals surface area contributed by atoms with Gasteiger partial charge in [-0.2, -0.15) is 0 Å².